The summed E-state index contributed by atoms with van der Waals surface area (Å²) < 4.78 is 43.4. The third kappa shape index (κ3) is 7.18. The molecule has 6 nitrogen and oxygen atoms in total. The fourth-order valence-corrected chi connectivity index (χ4v) is 2.75. The van der Waals surface area contributed by atoms with E-state index in [9.17, 15) is 22.8 Å². The van der Waals surface area contributed by atoms with Gasteiger partial charge in [-0.2, -0.15) is 13.2 Å². The first-order chi connectivity index (χ1) is 12.8. The zero-order chi connectivity index (χ0) is 19.9. The third-order valence-electron chi connectivity index (χ3n) is 4.32. The standard InChI is InChI=1S/C18H24F3N3O3/c1-14(25)24(8-7-23-9-11-27-12-10-23)6-5-17(26)22-16-4-2-3-15(13-16)18(19,20)21/h2-4,13H,5-12H2,1H3,(H,22,26). The minimum Gasteiger partial charge on any atom is -0.379 e. The van der Waals surface area contributed by atoms with Gasteiger partial charge in [-0.3, -0.25) is 14.5 Å². The fraction of sp³-hybridized carbons (Fsp3) is 0.556. The highest BCUT2D eigenvalue weighted by atomic mass is 19.4. The lowest BCUT2D eigenvalue weighted by atomic mass is 10.2. The molecular formula is C18H24F3N3O3. The van der Waals surface area contributed by atoms with Crippen molar-refractivity contribution in [3.8, 4) is 0 Å². The summed E-state index contributed by atoms with van der Waals surface area (Å²) in [6.07, 6.45) is -4.45. The summed E-state index contributed by atoms with van der Waals surface area (Å²) in [6, 6.07) is 4.47. The number of rotatable bonds is 7. The molecule has 2 amide bonds. The van der Waals surface area contributed by atoms with Crippen LogP contribution in [0.1, 0.15) is 18.9 Å². The molecule has 0 spiro atoms. The first-order valence-electron chi connectivity index (χ1n) is 8.78. The largest absolute Gasteiger partial charge is 0.416 e. The Bertz CT molecular complexity index is 646. The fourth-order valence-electron chi connectivity index (χ4n) is 2.75. The Balaban J connectivity index is 1.82. The zero-order valence-electron chi connectivity index (χ0n) is 15.2. The van der Waals surface area contributed by atoms with Crippen molar-refractivity contribution in [2.45, 2.75) is 19.5 Å². The molecule has 9 heteroatoms. The lowest BCUT2D eigenvalue weighted by molar-refractivity contribution is -0.137. The molecule has 1 N–H and O–H groups in total. The lowest BCUT2D eigenvalue weighted by Gasteiger charge is -2.29. The van der Waals surface area contributed by atoms with Crippen LogP contribution in [-0.2, 0) is 20.5 Å². The molecule has 0 radical (unpaired) electrons. The highest BCUT2D eigenvalue weighted by Crippen LogP contribution is 2.30. The van der Waals surface area contributed by atoms with Gasteiger partial charge in [-0.1, -0.05) is 6.07 Å². The Hall–Kier alpha value is -2.13. The number of alkyl halides is 3. The molecular weight excluding hydrogens is 363 g/mol. The second-order valence-electron chi connectivity index (χ2n) is 6.34. The number of hydrogen-bond donors (Lipinski definition) is 1. The molecule has 0 aromatic heterocycles. The van der Waals surface area contributed by atoms with Crippen LogP contribution < -0.4 is 5.32 Å². The van der Waals surface area contributed by atoms with E-state index in [1.807, 2.05) is 0 Å². The molecule has 1 aromatic rings. The van der Waals surface area contributed by atoms with Crippen molar-refractivity contribution in [3.63, 3.8) is 0 Å². The molecule has 1 aliphatic heterocycles. The van der Waals surface area contributed by atoms with E-state index < -0.39 is 17.6 Å². The summed E-state index contributed by atoms with van der Waals surface area (Å²) in [6.45, 7) is 5.78. The number of amides is 2. The lowest BCUT2D eigenvalue weighted by Crippen LogP contribution is -2.43. The highest BCUT2D eigenvalue weighted by Gasteiger charge is 2.30. The highest BCUT2D eigenvalue weighted by molar-refractivity contribution is 5.91. The number of benzene rings is 1. The van der Waals surface area contributed by atoms with E-state index in [0.717, 1.165) is 25.2 Å². The molecule has 1 aromatic carbocycles. The number of carbonyl (C=O) groups excluding carboxylic acids is 2. The number of carbonyl (C=O) groups is 2. The molecule has 0 unspecified atom stereocenters. The minimum absolute atomic E-state index is 0.0128. The Labute approximate surface area is 156 Å². The molecule has 27 heavy (non-hydrogen) atoms. The van der Waals surface area contributed by atoms with Gasteiger partial charge in [0.25, 0.3) is 0 Å². The van der Waals surface area contributed by atoms with Crippen molar-refractivity contribution in [1.29, 1.82) is 0 Å². The Morgan fingerprint density at radius 2 is 1.93 bits per heavy atom. The van der Waals surface area contributed by atoms with Crippen molar-refractivity contribution >= 4 is 17.5 Å². The summed E-state index contributed by atoms with van der Waals surface area (Å²) in [5.41, 5.74) is -0.742. The Kier molecular flexibility index (Phi) is 7.61. The van der Waals surface area contributed by atoms with Crippen LogP contribution in [0.2, 0.25) is 0 Å². The summed E-state index contributed by atoms with van der Waals surface area (Å²) in [4.78, 5) is 27.6. The molecule has 0 atom stereocenters. The number of nitrogens with zero attached hydrogens (tertiary/aromatic N) is 2. The SMILES string of the molecule is CC(=O)N(CCC(=O)Nc1cccc(C(F)(F)F)c1)CCN1CCOCC1. The smallest absolute Gasteiger partial charge is 0.379 e. The number of hydrogen-bond acceptors (Lipinski definition) is 4. The third-order valence-corrected chi connectivity index (χ3v) is 4.32. The van der Waals surface area contributed by atoms with Crippen molar-refractivity contribution in [2.24, 2.45) is 0 Å². The van der Waals surface area contributed by atoms with E-state index >= 15 is 0 Å². The molecule has 0 saturated carbocycles. The number of ether oxygens (including phenoxy) is 1. The van der Waals surface area contributed by atoms with Gasteiger partial charge in [-0.05, 0) is 18.2 Å². The minimum atomic E-state index is -4.47. The first kappa shape index (κ1) is 21.2. The molecule has 2 rings (SSSR count). The normalized spacial score (nSPS) is 15.4. The van der Waals surface area contributed by atoms with Gasteiger partial charge in [0.15, 0.2) is 0 Å². The van der Waals surface area contributed by atoms with E-state index in [1.165, 1.54) is 19.1 Å². The van der Waals surface area contributed by atoms with E-state index in [0.29, 0.717) is 26.3 Å². The molecule has 0 bridgehead atoms. The molecule has 0 aliphatic carbocycles. The van der Waals surface area contributed by atoms with Gasteiger partial charge in [0, 0.05) is 51.8 Å². The van der Waals surface area contributed by atoms with Crippen molar-refractivity contribution < 1.29 is 27.5 Å². The van der Waals surface area contributed by atoms with Gasteiger partial charge < -0.3 is 15.0 Å². The number of morpholine rings is 1. The van der Waals surface area contributed by atoms with Crippen molar-refractivity contribution in [1.82, 2.24) is 9.80 Å². The summed E-state index contributed by atoms with van der Waals surface area (Å²) in [7, 11) is 0. The molecule has 1 aliphatic rings. The molecule has 1 heterocycles. The van der Waals surface area contributed by atoms with Crippen LogP contribution in [0.15, 0.2) is 24.3 Å². The topological polar surface area (TPSA) is 61.9 Å². The second kappa shape index (κ2) is 9.70. The van der Waals surface area contributed by atoms with Gasteiger partial charge in [-0.25, -0.2) is 0 Å². The van der Waals surface area contributed by atoms with E-state index in [2.05, 4.69) is 10.2 Å². The summed E-state index contributed by atoms with van der Waals surface area (Å²) in [5.74, 6) is -0.581. The molecule has 1 fully saturated rings. The predicted molar refractivity (Wildman–Crippen MR) is 94.2 cm³/mol. The quantitative estimate of drug-likeness (QED) is 0.779. The van der Waals surface area contributed by atoms with Gasteiger partial charge >= 0.3 is 6.18 Å². The van der Waals surface area contributed by atoms with Crippen LogP contribution in [0.4, 0.5) is 18.9 Å². The van der Waals surface area contributed by atoms with Gasteiger partial charge in [0.2, 0.25) is 11.8 Å². The van der Waals surface area contributed by atoms with Gasteiger partial charge in [0.05, 0.1) is 18.8 Å². The average molecular weight is 387 g/mol. The van der Waals surface area contributed by atoms with E-state index in [4.69, 9.17) is 4.74 Å². The first-order valence-corrected chi connectivity index (χ1v) is 8.78. The van der Waals surface area contributed by atoms with Crippen LogP contribution in [0.25, 0.3) is 0 Å². The number of nitrogens with one attached hydrogen (secondary N) is 1. The molecule has 150 valence electrons. The number of halogens is 3. The maximum atomic E-state index is 12.7. The monoisotopic (exact) mass is 387 g/mol. The Morgan fingerprint density at radius 3 is 2.56 bits per heavy atom. The van der Waals surface area contributed by atoms with Gasteiger partial charge in [-0.15, -0.1) is 0 Å². The van der Waals surface area contributed by atoms with Crippen LogP contribution in [0.5, 0.6) is 0 Å². The van der Waals surface area contributed by atoms with Crippen LogP contribution >= 0.6 is 0 Å². The molecule has 1 saturated heterocycles. The average Bonchev–Trinajstić information content (AvgIpc) is 2.61. The Morgan fingerprint density at radius 1 is 1.22 bits per heavy atom. The number of anilines is 1. The zero-order valence-corrected chi connectivity index (χ0v) is 15.2. The predicted octanol–water partition coefficient (Wildman–Crippen LogP) is 2.21. The second-order valence-corrected chi connectivity index (χ2v) is 6.34. The van der Waals surface area contributed by atoms with E-state index in [-0.39, 0.29) is 24.6 Å². The summed E-state index contributed by atoms with van der Waals surface area (Å²) >= 11 is 0. The maximum absolute atomic E-state index is 12.7. The maximum Gasteiger partial charge on any atom is 0.416 e. The van der Waals surface area contributed by atoms with Crippen molar-refractivity contribution in [3.05, 3.63) is 29.8 Å². The van der Waals surface area contributed by atoms with Crippen LogP contribution in [0.3, 0.4) is 0 Å². The summed E-state index contributed by atoms with van der Waals surface area (Å²) in [5, 5.41) is 2.45. The van der Waals surface area contributed by atoms with Crippen molar-refractivity contribution in [2.75, 3.05) is 51.3 Å². The van der Waals surface area contributed by atoms with Crippen LogP contribution in [0, 0.1) is 0 Å². The van der Waals surface area contributed by atoms with Gasteiger partial charge in [0.1, 0.15) is 0 Å². The van der Waals surface area contributed by atoms with E-state index in [1.54, 1.807) is 4.90 Å². The van der Waals surface area contributed by atoms with Crippen LogP contribution in [-0.4, -0.2) is 67.6 Å².